The van der Waals surface area contributed by atoms with Gasteiger partial charge in [0.1, 0.15) is 0 Å². The second-order valence-electron chi connectivity index (χ2n) is 5.38. The molecule has 3 rings (SSSR count). The quantitative estimate of drug-likeness (QED) is 0.911. The van der Waals surface area contributed by atoms with Gasteiger partial charge in [0, 0.05) is 37.1 Å². The monoisotopic (exact) mass is 265 g/mol. The molecule has 1 aromatic rings. The summed E-state index contributed by atoms with van der Waals surface area (Å²) in [5, 5.41) is 4.46. The second kappa shape index (κ2) is 5.06. The van der Waals surface area contributed by atoms with E-state index in [1.165, 1.54) is 25.7 Å². The molecule has 4 heteroatoms. The lowest BCUT2D eigenvalue weighted by atomic mass is 9.97. The number of nitrogens with one attached hydrogen (secondary N) is 1. The van der Waals surface area contributed by atoms with Gasteiger partial charge in [0.15, 0.2) is 0 Å². The fraction of sp³-hybridized carbons (Fsp3) is 0.643. The second-order valence-corrected chi connectivity index (χ2v) is 5.78. The molecule has 0 aromatic carbocycles. The molecule has 2 unspecified atom stereocenters. The maximum atomic E-state index is 6.29. The van der Waals surface area contributed by atoms with Crippen molar-refractivity contribution in [2.75, 3.05) is 11.4 Å². The Hall–Kier alpha value is -0.800. The summed E-state index contributed by atoms with van der Waals surface area (Å²) in [7, 11) is 0. The minimum Gasteiger partial charge on any atom is -0.367 e. The van der Waals surface area contributed by atoms with E-state index in [1.807, 2.05) is 12.3 Å². The van der Waals surface area contributed by atoms with Crippen molar-refractivity contribution in [3.05, 3.63) is 23.5 Å². The zero-order valence-electron chi connectivity index (χ0n) is 10.8. The smallest absolute Gasteiger partial charge is 0.0822 e. The third-order valence-electron chi connectivity index (χ3n) is 4.29. The molecule has 1 N–H and O–H groups in total. The number of nitrogens with zero attached hydrogens (tertiary/aromatic N) is 2. The van der Waals surface area contributed by atoms with E-state index in [-0.39, 0.29) is 0 Å². The van der Waals surface area contributed by atoms with Gasteiger partial charge >= 0.3 is 0 Å². The molecule has 2 bridgehead atoms. The number of fused-ring (bicyclic) bond motifs is 2. The number of hydrogen-bond acceptors (Lipinski definition) is 3. The fourth-order valence-corrected chi connectivity index (χ4v) is 3.74. The first kappa shape index (κ1) is 12.2. The van der Waals surface area contributed by atoms with Gasteiger partial charge in [0.2, 0.25) is 0 Å². The van der Waals surface area contributed by atoms with Crippen LogP contribution in [0.25, 0.3) is 0 Å². The van der Waals surface area contributed by atoms with Gasteiger partial charge < -0.3 is 10.2 Å². The van der Waals surface area contributed by atoms with Gasteiger partial charge in [-0.15, -0.1) is 0 Å². The van der Waals surface area contributed by atoms with Crippen LogP contribution >= 0.6 is 11.6 Å². The van der Waals surface area contributed by atoms with Crippen LogP contribution < -0.4 is 10.2 Å². The lowest BCUT2D eigenvalue weighted by Crippen LogP contribution is -2.48. The highest BCUT2D eigenvalue weighted by Crippen LogP contribution is 2.34. The average molecular weight is 266 g/mol. The topological polar surface area (TPSA) is 28.2 Å². The van der Waals surface area contributed by atoms with Crippen molar-refractivity contribution in [3.63, 3.8) is 0 Å². The minimum absolute atomic E-state index is 0.619. The van der Waals surface area contributed by atoms with Crippen molar-refractivity contribution >= 4 is 17.3 Å². The van der Waals surface area contributed by atoms with Crippen LogP contribution in [0.15, 0.2) is 18.5 Å². The number of pyridine rings is 1. The highest BCUT2D eigenvalue weighted by Gasteiger charge is 2.36. The zero-order chi connectivity index (χ0) is 12.5. The summed E-state index contributed by atoms with van der Waals surface area (Å²) in [4.78, 5) is 6.53. The number of halogens is 1. The fourth-order valence-electron chi connectivity index (χ4n) is 3.51. The molecule has 98 valence electrons. The minimum atomic E-state index is 0.619. The van der Waals surface area contributed by atoms with E-state index in [0.29, 0.717) is 18.1 Å². The Morgan fingerprint density at radius 1 is 1.39 bits per heavy atom. The van der Waals surface area contributed by atoms with E-state index in [2.05, 4.69) is 22.1 Å². The Morgan fingerprint density at radius 3 is 2.72 bits per heavy atom. The van der Waals surface area contributed by atoms with Crippen molar-refractivity contribution in [2.24, 2.45) is 0 Å². The first-order chi connectivity index (χ1) is 8.78. The Balaban J connectivity index is 1.82. The first-order valence-corrected chi connectivity index (χ1v) is 7.28. The maximum absolute atomic E-state index is 6.29. The highest BCUT2D eigenvalue weighted by molar-refractivity contribution is 6.33. The Bertz CT molecular complexity index is 411. The van der Waals surface area contributed by atoms with Gasteiger partial charge in [-0.05, 0) is 38.7 Å². The predicted octanol–water partition coefficient (Wildman–Crippen LogP) is 2.84. The number of aromatic nitrogens is 1. The molecule has 18 heavy (non-hydrogen) atoms. The molecule has 2 aliphatic rings. The summed E-state index contributed by atoms with van der Waals surface area (Å²) >= 11 is 6.29. The van der Waals surface area contributed by atoms with Crippen molar-refractivity contribution < 1.29 is 0 Å². The summed E-state index contributed by atoms with van der Waals surface area (Å²) in [5.74, 6) is 0. The first-order valence-electron chi connectivity index (χ1n) is 6.90. The van der Waals surface area contributed by atoms with Crippen molar-refractivity contribution in [3.8, 4) is 0 Å². The molecule has 2 aliphatic heterocycles. The van der Waals surface area contributed by atoms with Gasteiger partial charge in [-0.25, -0.2) is 0 Å². The number of rotatable bonds is 3. The molecule has 0 amide bonds. The maximum Gasteiger partial charge on any atom is 0.0822 e. The molecule has 2 atom stereocenters. The highest BCUT2D eigenvalue weighted by atomic mass is 35.5. The Morgan fingerprint density at radius 2 is 2.11 bits per heavy atom. The third kappa shape index (κ3) is 2.21. The van der Waals surface area contributed by atoms with Crippen LogP contribution in [0, 0.1) is 0 Å². The standard InChI is InChI=1S/C14H20ClN3/c1-2-18(14-5-6-16-9-13(14)15)12-7-10-3-4-11(8-12)17-10/h5-6,9-12,17H,2-4,7-8H2,1H3. The van der Waals surface area contributed by atoms with Crippen LogP contribution in [-0.4, -0.2) is 29.7 Å². The van der Waals surface area contributed by atoms with Crippen molar-refractivity contribution in [1.82, 2.24) is 10.3 Å². The predicted molar refractivity (Wildman–Crippen MR) is 75.2 cm³/mol. The summed E-state index contributed by atoms with van der Waals surface area (Å²) in [6.07, 6.45) is 8.73. The molecule has 0 aliphatic carbocycles. The summed E-state index contributed by atoms with van der Waals surface area (Å²) in [5.41, 5.74) is 1.14. The van der Waals surface area contributed by atoms with E-state index < -0.39 is 0 Å². The summed E-state index contributed by atoms with van der Waals surface area (Å²) in [6.45, 7) is 3.22. The molecule has 0 radical (unpaired) electrons. The molecule has 3 nitrogen and oxygen atoms in total. The molecule has 2 fully saturated rings. The Labute approximate surface area is 114 Å². The third-order valence-corrected chi connectivity index (χ3v) is 4.58. The van der Waals surface area contributed by atoms with Gasteiger partial charge in [-0.2, -0.15) is 0 Å². The summed E-state index contributed by atoms with van der Waals surface area (Å²) < 4.78 is 0. The normalized spacial score (nSPS) is 30.4. The largest absolute Gasteiger partial charge is 0.367 e. The lowest BCUT2D eigenvalue weighted by Gasteiger charge is -2.39. The lowest BCUT2D eigenvalue weighted by molar-refractivity contribution is 0.349. The van der Waals surface area contributed by atoms with Crippen LogP contribution in [-0.2, 0) is 0 Å². The zero-order valence-corrected chi connectivity index (χ0v) is 11.5. The number of piperidine rings is 1. The number of hydrogen-bond donors (Lipinski definition) is 1. The average Bonchev–Trinajstić information content (AvgIpc) is 2.72. The molecular formula is C14H20ClN3. The van der Waals surface area contributed by atoms with E-state index in [0.717, 1.165) is 17.3 Å². The van der Waals surface area contributed by atoms with Crippen LogP contribution in [0.5, 0.6) is 0 Å². The van der Waals surface area contributed by atoms with E-state index in [9.17, 15) is 0 Å². The summed E-state index contributed by atoms with van der Waals surface area (Å²) in [6, 6.07) is 4.08. The van der Waals surface area contributed by atoms with E-state index in [4.69, 9.17) is 11.6 Å². The van der Waals surface area contributed by atoms with Gasteiger partial charge in [0.05, 0.1) is 10.7 Å². The van der Waals surface area contributed by atoms with Gasteiger partial charge in [-0.1, -0.05) is 11.6 Å². The van der Waals surface area contributed by atoms with Gasteiger partial charge in [-0.3, -0.25) is 4.98 Å². The molecule has 0 spiro atoms. The van der Waals surface area contributed by atoms with Crippen LogP contribution in [0.2, 0.25) is 5.02 Å². The van der Waals surface area contributed by atoms with Gasteiger partial charge in [0.25, 0.3) is 0 Å². The SMILES string of the molecule is CCN(c1ccncc1Cl)C1CC2CCC(C1)N2. The number of anilines is 1. The molecule has 3 heterocycles. The van der Waals surface area contributed by atoms with Crippen molar-refractivity contribution in [2.45, 2.75) is 50.7 Å². The van der Waals surface area contributed by atoms with Crippen LogP contribution in [0.3, 0.4) is 0 Å². The molecular weight excluding hydrogens is 246 g/mol. The van der Waals surface area contributed by atoms with E-state index in [1.54, 1.807) is 6.20 Å². The van der Waals surface area contributed by atoms with Crippen molar-refractivity contribution in [1.29, 1.82) is 0 Å². The van der Waals surface area contributed by atoms with Crippen LogP contribution in [0.1, 0.15) is 32.6 Å². The molecule has 1 aromatic heterocycles. The van der Waals surface area contributed by atoms with E-state index >= 15 is 0 Å². The Kier molecular flexibility index (Phi) is 3.44. The van der Waals surface area contributed by atoms with Crippen LogP contribution in [0.4, 0.5) is 5.69 Å². The molecule has 2 saturated heterocycles. The molecule has 0 saturated carbocycles.